The number of nitrogens with zero attached hydrogens (tertiary/aromatic N) is 4. The zero-order valence-electron chi connectivity index (χ0n) is 12.5. The van der Waals surface area contributed by atoms with Gasteiger partial charge in [0.2, 0.25) is 5.95 Å². The van der Waals surface area contributed by atoms with Gasteiger partial charge in [0.1, 0.15) is 5.52 Å². The SMILES string of the molecule is CCNc1nc(N2CCC(C(C)O)CC2)c2[nH]cnc2n1. The molecule has 0 aromatic carbocycles. The Labute approximate surface area is 123 Å². The van der Waals surface area contributed by atoms with Gasteiger partial charge in [0.25, 0.3) is 0 Å². The van der Waals surface area contributed by atoms with Gasteiger partial charge >= 0.3 is 0 Å². The summed E-state index contributed by atoms with van der Waals surface area (Å²) < 4.78 is 0. The molecule has 1 atom stereocenters. The predicted molar refractivity (Wildman–Crippen MR) is 82.5 cm³/mol. The number of rotatable bonds is 4. The Morgan fingerprint density at radius 1 is 1.43 bits per heavy atom. The molecule has 2 aromatic heterocycles. The van der Waals surface area contributed by atoms with E-state index in [0.717, 1.165) is 43.8 Å². The molecule has 1 aliphatic heterocycles. The summed E-state index contributed by atoms with van der Waals surface area (Å²) in [6, 6.07) is 0. The van der Waals surface area contributed by atoms with Gasteiger partial charge in [-0.2, -0.15) is 9.97 Å². The van der Waals surface area contributed by atoms with Gasteiger partial charge in [-0.3, -0.25) is 0 Å². The highest BCUT2D eigenvalue weighted by Crippen LogP contribution is 2.28. The zero-order chi connectivity index (χ0) is 14.8. The first-order valence-electron chi connectivity index (χ1n) is 7.57. The fourth-order valence-electron chi connectivity index (χ4n) is 2.88. The molecule has 0 aliphatic carbocycles. The number of aliphatic hydroxyl groups excluding tert-OH is 1. The highest BCUT2D eigenvalue weighted by atomic mass is 16.3. The van der Waals surface area contributed by atoms with Crippen LogP contribution in [0.2, 0.25) is 0 Å². The van der Waals surface area contributed by atoms with Gasteiger partial charge in [0.05, 0.1) is 12.4 Å². The molecule has 0 spiro atoms. The number of aromatic amines is 1. The molecule has 114 valence electrons. The number of aliphatic hydroxyl groups is 1. The lowest BCUT2D eigenvalue weighted by atomic mass is 9.92. The van der Waals surface area contributed by atoms with Crippen LogP contribution in [0.15, 0.2) is 6.33 Å². The van der Waals surface area contributed by atoms with E-state index in [9.17, 15) is 5.11 Å². The van der Waals surface area contributed by atoms with Crippen LogP contribution in [0, 0.1) is 5.92 Å². The number of imidazole rings is 1. The van der Waals surface area contributed by atoms with Gasteiger partial charge in [0, 0.05) is 19.6 Å². The van der Waals surface area contributed by atoms with Crippen LogP contribution in [0.5, 0.6) is 0 Å². The zero-order valence-corrected chi connectivity index (χ0v) is 12.5. The molecule has 0 amide bonds. The number of nitrogens with one attached hydrogen (secondary N) is 2. The molecule has 7 heteroatoms. The number of fused-ring (bicyclic) bond motifs is 1. The van der Waals surface area contributed by atoms with Crippen molar-refractivity contribution in [3.8, 4) is 0 Å². The van der Waals surface area contributed by atoms with Crippen molar-refractivity contribution in [1.82, 2.24) is 19.9 Å². The minimum atomic E-state index is -0.234. The first kappa shape index (κ1) is 14.1. The molecule has 1 unspecified atom stereocenters. The minimum absolute atomic E-state index is 0.234. The van der Waals surface area contributed by atoms with E-state index in [4.69, 9.17) is 0 Å². The molecule has 0 saturated carbocycles. The molecule has 3 rings (SSSR count). The Kier molecular flexibility index (Phi) is 3.92. The van der Waals surface area contributed by atoms with Gasteiger partial charge in [-0.05, 0) is 32.6 Å². The topological polar surface area (TPSA) is 90.0 Å². The Morgan fingerprint density at radius 2 is 2.19 bits per heavy atom. The van der Waals surface area contributed by atoms with E-state index in [1.807, 2.05) is 13.8 Å². The number of H-pyrrole nitrogens is 1. The molecule has 0 radical (unpaired) electrons. The molecule has 1 fully saturated rings. The Morgan fingerprint density at radius 3 is 2.86 bits per heavy atom. The second-order valence-corrected chi connectivity index (χ2v) is 5.57. The van der Waals surface area contributed by atoms with Gasteiger partial charge in [-0.15, -0.1) is 0 Å². The quantitative estimate of drug-likeness (QED) is 0.788. The third-order valence-corrected chi connectivity index (χ3v) is 4.12. The Balaban J connectivity index is 1.87. The third-order valence-electron chi connectivity index (χ3n) is 4.12. The fourth-order valence-corrected chi connectivity index (χ4v) is 2.88. The standard InChI is InChI=1S/C14H22N6O/c1-3-15-14-18-12-11(16-8-17-12)13(19-14)20-6-4-10(5-7-20)9(2)21/h8-10,21H,3-7H2,1-2H3,(H2,15,16,17,18,19). The minimum Gasteiger partial charge on any atom is -0.393 e. The van der Waals surface area contributed by atoms with Crippen molar-refractivity contribution in [3.05, 3.63) is 6.33 Å². The third kappa shape index (κ3) is 2.78. The lowest BCUT2D eigenvalue weighted by Gasteiger charge is -2.34. The average molecular weight is 290 g/mol. The molecule has 3 heterocycles. The van der Waals surface area contributed by atoms with Crippen LogP contribution in [0.3, 0.4) is 0 Å². The first-order chi connectivity index (χ1) is 10.2. The van der Waals surface area contributed by atoms with Crippen LogP contribution in [-0.4, -0.2) is 50.8 Å². The highest BCUT2D eigenvalue weighted by molar-refractivity contribution is 5.84. The van der Waals surface area contributed by atoms with Gasteiger partial charge in [-0.25, -0.2) is 4.98 Å². The summed E-state index contributed by atoms with van der Waals surface area (Å²) in [7, 11) is 0. The maximum atomic E-state index is 9.72. The summed E-state index contributed by atoms with van der Waals surface area (Å²) in [5, 5.41) is 12.9. The van der Waals surface area contributed by atoms with Crippen molar-refractivity contribution in [1.29, 1.82) is 0 Å². The number of aromatic nitrogens is 4. The number of piperidine rings is 1. The maximum Gasteiger partial charge on any atom is 0.226 e. The highest BCUT2D eigenvalue weighted by Gasteiger charge is 2.25. The van der Waals surface area contributed by atoms with Crippen molar-refractivity contribution >= 4 is 22.9 Å². The van der Waals surface area contributed by atoms with E-state index >= 15 is 0 Å². The second-order valence-electron chi connectivity index (χ2n) is 5.57. The Bertz CT molecular complexity index is 603. The lowest BCUT2D eigenvalue weighted by Crippen LogP contribution is -2.37. The summed E-state index contributed by atoms with van der Waals surface area (Å²) in [6.45, 7) is 6.46. The average Bonchev–Trinajstić information content (AvgIpc) is 2.95. The molecule has 21 heavy (non-hydrogen) atoms. The Hall–Kier alpha value is -1.89. The van der Waals surface area contributed by atoms with Crippen LogP contribution in [-0.2, 0) is 0 Å². The van der Waals surface area contributed by atoms with Crippen molar-refractivity contribution in [3.63, 3.8) is 0 Å². The van der Waals surface area contributed by atoms with E-state index in [1.165, 1.54) is 0 Å². The molecule has 0 bridgehead atoms. The largest absolute Gasteiger partial charge is 0.393 e. The van der Waals surface area contributed by atoms with Crippen LogP contribution < -0.4 is 10.2 Å². The maximum absolute atomic E-state index is 9.72. The van der Waals surface area contributed by atoms with Crippen LogP contribution in [0.4, 0.5) is 11.8 Å². The predicted octanol–water partition coefficient (Wildman–Crippen LogP) is 1.38. The van der Waals surface area contributed by atoms with Gasteiger partial charge < -0.3 is 20.3 Å². The van der Waals surface area contributed by atoms with Crippen LogP contribution in [0.1, 0.15) is 26.7 Å². The van der Waals surface area contributed by atoms with E-state index < -0.39 is 0 Å². The number of anilines is 2. The van der Waals surface area contributed by atoms with Gasteiger partial charge in [-0.1, -0.05) is 0 Å². The summed E-state index contributed by atoms with van der Waals surface area (Å²) in [5.41, 5.74) is 1.57. The normalized spacial score (nSPS) is 18.1. The monoisotopic (exact) mass is 290 g/mol. The number of hydrogen-bond donors (Lipinski definition) is 3. The van der Waals surface area contributed by atoms with E-state index in [1.54, 1.807) is 6.33 Å². The lowest BCUT2D eigenvalue weighted by molar-refractivity contribution is 0.110. The molecule has 1 aliphatic rings. The first-order valence-corrected chi connectivity index (χ1v) is 7.57. The molecule has 3 N–H and O–H groups in total. The van der Waals surface area contributed by atoms with Crippen molar-refractivity contribution in [2.24, 2.45) is 5.92 Å². The van der Waals surface area contributed by atoms with Crippen LogP contribution in [0.25, 0.3) is 11.2 Å². The van der Waals surface area contributed by atoms with Gasteiger partial charge in [0.15, 0.2) is 11.5 Å². The molecule has 1 saturated heterocycles. The van der Waals surface area contributed by atoms with E-state index in [-0.39, 0.29) is 6.10 Å². The van der Waals surface area contributed by atoms with Crippen LogP contribution >= 0.6 is 0 Å². The van der Waals surface area contributed by atoms with Crippen molar-refractivity contribution in [2.45, 2.75) is 32.8 Å². The summed E-state index contributed by atoms with van der Waals surface area (Å²) >= 11 is 0. The fraction of sp³-hybridized carbons (Fsp3) is 0.643. The molecular formula is C14H22N6O. The van der Waals surface area contributed by atoms with E-state index in [0.29, 0.717) is 17.5 Å². The van der Waals surface area contributed by atoms with Crippen molar-refractivity contribution < 1.29 is 5.11 Å². The molecule has 7 nitrogen and oxygen atoms in total. The summed E-state index contributed by atoms with van der Waals surface area (Å²) in [4.78, 5) is 18.7. The summed E-state index contributed by atoms with van der Waals surface area (Å²) in [5.74, 6) is 1.90. The molecule has 2 aromatic rings. The number of hydrogen-bond acceptors (Lipinski definition) is 6. The molecular weight excluding hydrogens is 268 g/mol. The van der Waals surface area contributed by atoms with Crippen molar-refractivity contribution in [2.75, 3.05) is 29.9 Å². The second kappa shape index (κ2) is 5.85. The van der Waals surface area contributed by atoms with E-state index in [2.05, 4.69) is 30.2 Å². The summed E-state index contributed by atoms with van der Waals surface area (Å²) in [6.07, 6.45) is 3.38. The smallest absolute Gasteiger partial charge is 0.226 e.